The molecule has 36 heavy (non-hydrogen) atoms. The van der Waals surface area contributed by atoms with Gasteiger partial charge in [-0.3, -0.25) is 4.79 Å². The number of hydrogen-bond donors (Lipinski definition) is 2. The van der Waals surface area contributed by atoms with Gasteiger partial charge in [-0.1, -0.05) is 20.8 Å². The quantitative estimate of drug-likeness (QED) is 0.373. The first-order valence-electron chi connectivity index (χ1n) is 14.7. The van der Waals surface area contributed by atoms with Crippen LogP contribution >= 0.6 is 11.8 Å². The van der Waals surface area contributed by atoms with Crippen LogP contribution in [0.2, 0.25) is 0 Å². The molecule has 206 valence electrons. The molecular weight excluding hydrogens is 470 g/mol. The Labute approximate surface area is 223 Å². The number of ether oxygens (including phenoxy) is 1. The van der Waals surface area contributed by atoms with Gasteiger partial charge in [0.05, 0.1) is 13.2 Å². The van der Waals surface area contributed by atoms with Crippen molar-refractivity contribution in [1.29, 1.82) is 0 Å². The van der Waals surface area contributed by atoms with Crippen molar-refractivity contribution in [2.75, 3.05) is 19.1 Å². The predicted molar refractivity (Wildman–Crippen MR) is 147 cm³/mol. The van der Waals surface area contributed by atoms with Crippen molar-refractivity contribution in [3.63, 3.8) is 0 Å². The van der Waals surface area contributed by atoms with Crippen LogP contribution in [-0.4, -0.2) is 48.2 Å². The number of carbonyl (C=O) groups excluding carboxylic acids is 2. The second-order valence-electron chi connectivity index (χ2n) is 13.3. The lowest BCUT2D eigenvalue weighted by molar-refractivity contribution is -0.145. The number of methoxy groups -OCH3 is 1. The SMILES string of the molecule is COC(=O)C(CCSC)NC(=O)CC[C@@H](C)[C@H]1CC[C@H]2[C@@H]3CC[C@@H]4C[C@H](O)CC[C@]4(C)[C@H]3CC[C@]12C. The maximum atomic E-state index is 12.8. The van der Waals surface area contributed by atoms with E-state index >= 15 is 0 Å². The summed E-state index contributed by atoms with van der Waals surface area (Å²) in [6, 6.07) is -0.536. The number of aliphatic hydroxyl groups excluding tert-OH is 1. The Morgan fingerprint density at radius 2 is 1.75 bits per heavy atom. The van der Waals surface area contributed by atoms with Crippen LogP contribution in [0.15, 0.2) is 0 Å². The molecule has 1 amide bonds. The fourth-order valence-corrected chi connectivity index (χ4v) is 10.1. The van der Waals surface area contributed by atoms with Crippen LogP contribution in [-0.2, 0) is 14.3 Å². The number of esters is 1. The highest BCUT2D eigenvalue weighted by Gasteiger charge is 2.60. The molecule has 0 radical (unpaired) electrons. The molecule has 0 saturated heterocycles. The monoisotopic (exact) mass is 521 g/mol. The Morgan fingerprint density at radius 3 is 2.47 bits per heavy atom. The Hall–Kier alpha value is -0.750. The standard InChI is InChI=1S/C30H51NO4S/c1-19(6-11-27(33)31-26(14-17-36-5)28(34)35-4)23-9-10-24-22-8-7-20-18-21(32)12-15-29(20,2)25(22)13-16-30(23,24)3/h19-26,32H,6-18H2,1-5H3,(H,31,33)/t19-,20-,21-,22+,23-,24+,25+,26?,29+,30-/m1/s1. The third-order valence-corrected chi connectivity index (χ3v) is 12.3. The average molecular weight is 522 g/mol. The molecule has 0 heterocycles. The molecule has 0 aromatic carbocycles. The molecule has 5 nitrogen and oxygen atoms in total. The molecule has 4 aliphatic rings. The van der Waals surface area contributed by atoms with Crippen LogP contribution < -0.4 is 5.32 Å². The molecule has 6 heteroatoms. The smallest absolute Gasteiger partial charge is 0.328 e. The number of amides is 1. The Bertz CT molecular complexity index is 791. The third-order valence-electron chi connectivity index (χ3n) is 11.7. The maximum Gasteiger partial charge on any atom is 0.328 e. The summed E-state index contributed by atoms with van der Waals surface area (Å²) in [4.78, 5) is 24.8. The Morgan fingerprint density at radius 1 is 1.03 bits per heavy atom. The molecule has 0 spiro atoms. The molecule has 2 N–H and O–H groups in total. The summed E-state index contributed by atoms with van der Waals surface area (Å²) in [7, 11) is 1.39. The Kier molecular flexibility index (Phi) is 9.07. The van der Waals surface area contributed by atoms with Gasteiger partial charge in [0.15, 0.2) is 0 Å². The van der Waals surface area contributed by atoms with Crippen molar-refractivity contribution in [2.45, 2.75) is 110 Å². The number of hydrogen-bond acceptors (Lipinski definition) is 5. The number of aliphatic hydroxyl groups is 1. The molecule has 0 aliphatic heterocycles. The zero-order chi connectivity index (χ0) is 26.1. The Balaban J connectivity index is 1.35. The van der Waals surface area contributed by atoms with Gasteiger partial charge in [0, 0.05) is 6.42 Å². The van der Waals surface area contributed by atoms with E-state index in [1.807, 2.05) is 6.26 Å². The zero-order valence-electron chi connectivity index (χ0n) is 23.4. The van der Waals surface area contributed by atoms with E-state index in [1.54, 1.807) is 11.8 Å². The van der Waals surface area contributed by atoms with Crippen molar-refractivity contribution in [3.05, 3.63) is 0 Å². The van der Waals surface area contributed by atoms with Crippen molar-refractivity contribution < 1.29 is 19.4 Å². The number of nitrogens with one attached hydrogen (secondary N) is 1. The molecule has 4 fully saturated rings. The van der Waals surface area contributed by atoms with Gasteiger partial charge in [-0.15, -0.1) is 0 Å². The molecule has 0 bridgehead atoms. The summed E-state index contributed by atoms with van der Waals surface area (Å²) in [6.07, 6.45) is 15.1. The van der Waals surface area contributed by atoms with Gasteiger partial charge >= 0.3 is 5.97 Å². The summed E-state index contributed by atoms with van der Waals surface area (Å²) in [6.45, 7) is 7.51. The van der Waals surface area contributed by atoms with Crippen molar-refractivity contribution in [1.82, 2.24) is 5.32 Å². The van der Waals surface area contributed by atoms with Gasteiger partial charge in [0.25, 0.3) is 0 Å². The van der Waals surface area contributed by atoms with E-state index in [4.69, 9.17) is 4.74 Å². The minimum absolute atomic E-state index is 0.0208. The largest absolute Gasteiger partial charge is 0.467 e. The van der Waals surface area contributed by atoms with Gasteiger partial charge in [-0.05, 0) is 129 Å². The molecular formula is C30H51NO4S. The summed E-state index contributed by atoms with van der Waals surface area (Å²) in [5.74, 6) is 4.86. The first-order chi connectivity index (χ1) is 17.1. The normalized spacial score (nSPS) is 41.4. The predicted octanol–water partition coefficient (Wildman–Crippen LogP) is 5.83. The van der Waals surface area contributed by atoms with Crippen LogP contribution in [0.1, 0.15) is 97.8 Å². The van der Waals surface area contributed by atoms with Gasteiger partial charge < -0.3 is 15.2 Å². The maximum absolute atomic E-state index is 12.8. The van der Waals surface area contributed by atoms with E-state index < -0.39 is 6.04 Å². The summed E-state index contributed by atoms with van der Waals surface area (Å²) >= 11 is 1.67. The minimum Gasteiger partial charge on any atom is -0.467 e. The fraction of sp³-hybridized carbons (Fsp3) is 0.933. The molecule has 0 aromatic rings. The van der Waals surface area contributed by atoms with E-state index in [2.05, 4.69) is 26.1 Å². The van der Waals surface area contributed by atoms with Gasteiger partial charge in [-0.2, -0.15) is 11.8 Å². The van der Waals surface area contributed by atoms with Crippen LogP contribution in [0.25, 0.3) is 0 Å². The molecule has 4 saturated carbocycles. The molecule has 0 aromatic heterocycles. The molecule has 1 unspecified atom stereocenters. The summed E-state index contributed by atoms with van der Waals surface area (Å²) in [5, 5.41) is 13.2. The van der Waals surface area contributed by atoms with E-state index in [0.717, 1.165) is 42.8 Å². The number of thioether (sulfide) groups is 1. The highest BCUT2D eigenvalue weighted by molar-refractivity contribution is 7.98. The lowest BCUT2D eigenvalue weighted by atomic mass is 9.44. The first-order valence-corrected chi connectivity index (χ1v) is 16.1. The van der Waals surface area contributed by atoms with Gasteiger partial charge in [-0.25, -0.2) is 4.79 Å². The second-order valence-corrected chi connectivity index (χ2v) is 14.2. The zero-order valence-corrected chi connectivity index (χ0v) is 24.2. The van der Waals surface area contributed by atoms with E-state index in [1.165, 1.54) is 52.1 Å². The van der Waals surface area contributed by atoms with Crippen LogP contribution in [0.3, 0.4) is 0 Å². The summed E-state index contributed by atoms with van der Waals surface area (Å²) < 4.78 is 4.90. The van der Waals surface area contributed by atoms with E-state index in [9.17, 15) is 14.7 Å². The fourth-order valence-electron chi connectivity index (χ4n) is 9.66. The van der Waals surface area contributed by atoms with Crippen molar-refractivity contribution in [3.8, 4) is 0 Å². The molecule has 4 aliphatic carbocycles. The lowest BCUT2D eigenvalue weighted by Crippen LogP contribution is -2.54. The van der Waals surface area contributed by atoms with Crippen molar-refractivity contribution >= 4 is 23.6 Å². The van der Waals surface area contributed by atoms with E-state index in [0.29, 0.717) is 41.4 Å². The average Bonchev–Trinajstić information content (AvgIpc) is 3.22. The second kappa shape index (κ2) is 11.6. The third kappa shape index (κ3) is 5.37. The molecule has 10 atom stereocenters. The highest BCUT2D eigenvalue weighted by atomic mass is 32.2. The summed E-state index contributed by atoms with van der Waals surface area (Å²) in [5.41, 5.74) is 0.819. The topological polar surface area (TPSA) is 75.6 Å². The van der Waals surface area contributed by atoms with Gasteiger partial charge in [0.2, 0.25) is 5.91 Å². The first kappa shape index (κ1) is 28.3. The van der Waals surface area contributed by atoms with Gasteiger partial charge in [0.1, 0.15) is 6.04 Å². The molecule has 4 rings (SSSR count). The number of carbonyl (C=O) groups is 2. The van der Waals surface area contributed by atoms with Crippen LogP contribution in [0, 0.1) is 46.3 Å². The minimum atomic E-state index is -0.536. The number of rotatable bonds is 9. The van der Waals surface area contributed by atoms with E-state index in [-0.39, 0.29) is 18.0 Å². The van der Waals surface area contributed by atoms with Crippen molar-refractivity contribution in [2.24, 2.45) is 46.3 Å². The lowest BCUT2D eigenvalue weighted by Gasteiger charge is -2.61. The van der Waals surface area contributed by atoms with Crippen LogP contribution in [0.5, 0.6) is 0 Å². The number of fused-ring (bicyclic) bond motifs is 5. The van der Waals surface area contributed by atoms with Crippen LogP contribution in [0.4, 0.5) is 0 Å². The highest BCUT2D eigenvalue weighted by Crippen LogP contribution is 2.68.